The van der Waals surface area contributed by atoms with Gasteiger partial charge in [-0.3, -0.25) is 4.79 Å². The fourth-order valence-corrected chi connectivity index (χ4v) is 1.53. The van der Waals surface area contributed by atoms with E-state index in [0.717, 1.165) is 0 Å². The number of hydrogen-bond acceptors (Lipinski definition) is 4. The number of amides is 1. The maximum absolute atomic E-state index is 11.5. The maximum Gasteiger partial charge on any atom is 0.344 e. The second-order valence-corrected chi connectivity index (χ2v) is 5.44. The van der Waals surface area contributed by atoms with Crippen LogP contribution in [0, 0.1) is 5.92 Å². The van der Waals surface area contributed by atoms with E-state index in [2.05, 4.69) is 5.32 Å². The van der Waals surface area contributed by atoms with Gasteiger partial charge in [-0.15, -0.1) is 0 Å². The van der Waals surface area contributed by atoms with Crippen molar-refractivity contribution in [1.29, 1.82) is 0 Å². The SMILES string of the molecule is CC(C)[C@@H](C)NC(=O)COC(=O)COc1cccc(Cl)c1. The minimum absolute atomic E-state index is 0.0268. The molecule has 1 amide bonds. The number of esters is 1. The summed E-state index contributed by atoms with van der Waals surface area (Å²) in [6, 6.07) is 6.71. The summed E-state index contributed by atoms with van der Waals surface area (Å²) in [5, 5.41) is 3.26. The fraction of sp³-hybridized carbons (Fsp3) is 0.467. The molecule has 0 spiro atoms. The summed E-state index contributed by atoms with van der Waals surface area (Å²) in [6.07, 6.45) is 0. The van der Waals surface area contributed by atoms with Crippen LogP contribution in [-0.4, -0.2) is 31.1 Å². The number of hydrogen-bond donors (Lipinski definition) is 1. The quantitative estimate of drug-likeness (QED) is 0.785. The lowest BCUT2D eigenvalue weighted by molar-refractivity contribution is -0.150. The summed E-state index contributed by atoms with van der Waals surface area (Å²) in [4.78, 5) is 23.0. The van der Waals surface area contributed by atoms with Crippen molar-refractivity contribution in [3.63, 3.8) is 0 Å². The molecule has 0 heterocycles. The van der Waals surface area contributed by atoms with Crippen molar-refractivity contribution in [1.82, 2.24) is 5.32 Å². The largest absolute Gasteiger partial charge is 0.482 e. The molecule has 1 atom stereocenters. The first-order chi connectivity index (χ1) is 9.88. The number of rotatable bonds is 7. The van der Waals surface area contributed by atoms with Gasteiger partial charge < -0.3 is 14.8 Å². The van der Waals surface area contributed by atoms with Crippen molar-refractivity contribution in [2.24, 2.45) is 5.92 Å². The van der Waals surface area contributed by atoms with Gasteiger partial charge in [0.05, 0.1) is 0 Å². The molecule has 0 unspecified atom stereocenters. The van der Waals surface area contributed by atoms with Crippen molar-refractivity contribution in [3.05, 3.63) is 29.3 Å². The lowest BCUT2D eigenvalue weighted by Gasteiger charge is -2.17. The molecular formula is C15H20ClNO4. The predicted molar refractivity (Wildman–Crippen MR) is 80.3 cm³/mol. The average Bonchev–Trinajstić information content (AvgIpc) is 2.42. The van der Waals surface area contributed by atoms with E-state index in [4.69, 9.17) is 21.1 Å². The molecule has 0 aliphatic heterocycles. The topological polar surface area (TPSA) is 64.6 Å². The van der Waals surface area contributed by atoms with E-state index in [0.29, 0.717) is 16.7 Å². The lowest BCUT2D eigenvalue weighted by atomic mass is 10.1. The van der Waals surface area contributed by atoms with E-state index in [-0.39, 0.29) is 25.2 Å². The Hall–Kier alpha value is -1.75. The van der Waals surface area contributed by atoms with Gasteiger partial charge in [-0.2, -0.15) is 0 Å². The normalized spacial score (nSPS) is 11.9. The molecule has 6 heteroatoms. The smallest absolute Gasteiger partial charge is 0.344 e. The second-order valence-electron chi connectivity index (χ2n) is 5.01. The van der Waals surface area contributed by atoms with Crippen LogP contribution < -0.4 is 10.1 Å². The first kappa shape index (κ1) is 17.3. The third kappa shape index (κ3) is 6.99. The van der Waals surface area contributed by atoms with Crippen LogP contribution in [0.25, 0.3) is 0 Å². The van der Waals surface area contributed by atoms with Crippen molar-refractivity contribution >= 4 is 23.5 Å². The molecule has 0 aromatic heterocycles. The predicted octanol–water partition coefficient (Wildman–Crippen LogP) is 2.42. The summed E-state index contributed by atoms with van der Waals surface area (Å²) in [5.74, 6) is -0.150. The molecule has 0 fully saturated rings. The molecule has 1 aromatic carbocycles. The van der Waals surface area contributed by atoms with Crippen LogP contribution in [0.4, 0.5) is 0 Å². The van der Waals surface area contributed by atoms with E-state index >= 15 is 0 Å². The Morgan fingerprint density at radius 2 is 1.95 bits per heavy atom. The van der Waals surface area contributed by atoms with Crippen LogP contribution in [-0.2, 0) is 14.3 Å². The summed E-state index contributed by atoms with van der Waals surface area (Å²) < 4.78 is 10.0. The van der Waals surface area contributed by atoms with Crippen molar-refractivity contribution < 1.29 is 19.1 Å². The van der Waals surface area contributed by atoms with Crippen LogP contribution in [0.1, 0.15) is 20.8 Å². The highest BCUT2D eigenvalue weighted by Gasteiger charge is 2.13. The first-order valence-corrected chi connectivity index (χ1v) is 7.09. The average molecular weight is 314 g/mol. The maximum atomic E-state index is 11.5. The Morgan fingerprint density at radius 3 is 2.57 bits per heavy atom. The van der Waals surface area contributed by atoms with Crippen LogP contribution in [0.3, 0.4) is 0 Å². The van der Waals surface area contributed by atoms with E-state index in [1.165, 1.54) is 0 Å². The third-order valence-corrected chi connectivity index (χ3v) is 3.14. The highest BCUT2D eigenvalue weighted by Crippen LogP contribution is 2.16. The molecule has 1 rings (SSSR count). The number of carbonyl (C=O) groups excluding carboxylic acids is 2. The monoisotopic (exact) mass is 313 g/mol. The molecule has 0 saturated carbocycles. The van der Waals surface area contributed by atoms with Crippen molar-refractivity contribution in [2.75, 3.05) is 13.2 Å². The first-order valence-electron chi connectivity index (χ1n) is 6.72. The van der Waals surface area contributed by atoms with Crippen molar-refractivity contribution in [2.45, 2.75) is 26.8 Å². The standard InChI is InChI=1S/C15H20ClNO4/c1-10(2)11(3)17-14(18)8-21-15(19)9-20-13-6-4-5-12(16)7-13/h4-7,10-11H,8-9H2,1-3H3,(H,17,18)/t11-/m1/s1. The van der Waals surface area contributed by atoms with E-state index in [9.17, 15) is 9.59 Å². The molecule has 0 aliphatic rings. The van der Waals surface area contributed by atoms with Gasteiger partial charge in [0, 0.05) is 11.1 Å². The van der Waals surface area contributed by atoms with Gasteiger partial charge in [0.1, 0.15) is 5.75 Å². The molecule has 0 aliphatic carbocycles. The Kier molecular flexibility index (Phi) is 7.02. The van der Waals surface area contributed by atoms with Gasteiger partial charge in [0.2, 0.25) is 0 Å². The van der Waals surface area contributed by atoms with Crippen LogP contribution in [0.15, 0.2) is 24.3 Å². The number of nitrogens with one attached hydrogen (secondary N) is 1. The van der Waals surface area contributed by atoms with E-state index < -0.39 is 5.97 Å². The molecule has 1 N–H and O–H groups in total. The molecule has 1 aromatic rings. The lowest BCUT2D eigenvalue weighted by Crippen LogP contribution is -2.39. The number of halogens is 1. The highest BCUT2D eigenvalue weighted by molar-refractivity contribution is 6.30. The summed E-state index contributed by atoms with van der Waals surface area (Å²) >= 11 is 5.79. The number of carbonyl (C=O) groups is 2. The summed E-state index contributed by atoms with van der Waals surface area (Å²) in [5.41, 5.74) is 0. The van der Waals surface area contributed by atoms with Gasteiger partial charge in [-0.05, 0) is 31.0 Å². The van der Waals surface area contributed by atoms with E-state index in [1.807, 2.05) is 20.8 Å². The Bertz CT molecular complexity index is 490. The minimum atomic E-state index is -0.609. The number of ether oxygens (including phenoxy) is 2. The zero-order chi connectivity index (χ0) is 15.8. The summed E-state index contributed by atoms with van der Waals surface area (Å²) in [7, 11) is 0. The Morgan fingerprint density at radius 1 is 1.24 bits per heavy atom. The van der Waals surface area contributed by atoms with Gasteiger partial charge in [0.15, 0.2) is 13.2 Å². The molecule has 0 bridgehead atoms. The van der Waals surface area contributed by atoms with Gasteiger partial charge in [0.25, 0.3) is 5.91 Å². The zero-order valence-electron chi connectivity index (χ0n) is 12.4. The third-order valence-electron chi connectivity index (χ3n) is 2.91. The Balaban J connectivity index is 2.26. The highest BCUT2D eigenvalue weighted by atomic mass is 35.5. The van der Waals surface area contributed by atoms with Crippen LogP contribution in [0.2, 0.25) is 5.02 Å². The van der Waals surface area contributed by atoms with Gasteiger partial charge in [-0.25, -0.2) is 4.79 Å². The summed E-state index contributed by atoms with van der Waals surface area (Å²) in [6.45, 7) is 5.31. The van der Waals surface area contributed by atoms with Gasteiger partial charge in [-0.1, -0.05) is 31.5 Å². The second kappa shape index (κ2) is 8.52. The molecule has 0 saturated heterocycles. The zero-order valence-corrected chi connectivity index (χ0v) is 13.1. The van der Waals surface area contributed by atoms with Gasteiger partial charge >= 0.3 is 5.97 Å². The molecule has 116 valence electrons. The number of benzene rings is 1. The molecule has 21 heavy (non-hydrogen) atoms. The molecular weight excluding hydrogens is 294 g/mol. The fourth-order valence-electron chi connectivity index (χ4n) is 1.35. The van der Waals surface area contributed by atoms with Crippen LogP contribution >= 0.6 is 11.6 Å². The minimum Gasteiger partial charge on any atom is -0.482 e. The molecule has 0 radical (unpaired) electrons. The van der Waals surface area contributed by atoms with Crippen molar-refractivity contribution in [3.8, 4) is 5.75 Å². The molecule has 5 nitrogen and oxygen atoms in total. The van der Waals surface area contributed by atoms with Crippen LogP contribution in [0.5, 0.6) is 5.75 Å². The Labute approximate surface area is 129 Å². The van der Waals surface area contributed by atoms with E-state index in [1.54, 1.807) is 24.3 Å².